The number of halogens is 2. The summed E-state index contributed by atoms with van der Waals surface area (Å²) in [4.78, 5) is 1.40. The molecule has 1 aromatic heterocycles. The van der Waals surface area contributed by atoms with Gasteiger partial charge >= 0.3 is 0 Å². The van der Waals surface area contributed by atoms with Gasteiger partial charge in [-0.15, -0.1) is 11.3 Å². The van der Waals surface area contributed by atoms with Crippen molar-refractivity contribution in [3.8, 4) is 0 Å². The Morgan fingerprint density at radius 2 is 2.14 bits per heavy atom. The average molecular weight is 341 g/mol. The molecule has 0 saturated heterocycles. The highest BCUT2D eigenvalue weighted by molar-refractivity contribution is 9.13. The normalized spacial score (nSPS) is 13.1. The quantitative estimate of drug-likeness (QED) is 0.817. The molecule has 1 aromatic rings. The molecular formula is C10H15Br2NS. The fourth-order valence-corrected chi connectivity index (χ4v) is 3.55. The Balaban J connectivity index is 2.68. The summed E-state index contributed by atoms with van der Waals surface area (Å²) in [5.74, 6) is 0. The van der Waals surface area contributed by atoms with Crippen molar-refractivity contribution < 1.29 is 0 Å². The standard InChI is InChI=1S/C10H15Br2NS/c1-3-5-13-8(4-2)9-6-7(11)10(12)14-9/h6,8,13H,3-5H2,1-2H3. The molecule has 1 N–H and O–H groups in total. The average Bonchev–Trinajstić information content (AvgIpc) is 2.48. The minimum Gasteiger partial charge on any atom is -0.309 e. The maximum Gasteiger partial charge on any atom is 0.0843 e. The maximum absolute atomic E-state index is 3.54. The van der Waals surface area contributed by atoms with Crippen LogP contribution < -0.4 is 5.32 Å². The second kappa shape index (κ2) is 6.26. The van der Waals surface area contributed by atoms with Crippen LogP contribution in [0.15, 0.2) is 14.3 Å². The number of thiophene rings is 1. The fourth-order valence-electron chi connectivity index (χ4n) is 1.30. The summed E-state index contributed by atoms with van der Waals surface area (Å²) in [6.07, 6.45) is 2.32. The molecule has 1 atom stereocenters. The fraction of sp³-hybridized carbons (Fsp3) is 0.600. The predicted molar refractivity (Wildman–Crippen MR) is 71.0 cm³/mol. The van der Waals surface area contributed by atoms with E-state index < -0.39 is 0 Å². The van der Waals surface area contributed by atoms with Crippen LogP contribution in [-0.2, 0) is 0 Å². The predicted octanol–water partition coefficient (Wildman–Crippen LogP) is 4.72. The molecule has 0 spiro atoms. The van der Waals surface area contributed by atoms with Gasteiger partial charge in [-0.3, -0.25) is 0 Å². The zero-order chi connectivity index (χ0) is 10.6. The topological polar surface area (TPSA) is 12.0 Å². The molecular weight excluding hydrogens is 326 g/mol. The van der Waals surface area contributed by atoms with E-state index in [0.717, 1.165) is 17.4 Å². The Bertz CT molecular complexity index is 266. The van der Waals surface area contributed by atoms with Crippen LogP contribution in [0.1, 0.15) is 37.6 Å². The maximum atomic E-state index is 3.54. The van der Waals surface area contributed by atoms with Crippen molar-refractivity contribution in [2.24, 2.45) is 0 Å². The van der Waals surface area contributed by atoms with Crippen molar-refractivity contribution >= 4 is 43.2 Å². The monoisotopic (exact) mass is 339 g/mol. The summed E-state index contributed by atoms with van der Waals surface area (Å²) in [5, 5.41) is 3.54. The van der Waals surface area contributed by atoms with Gasteiger partial charge in [-0.05, 0) is 57.3 Å². The van der Waals surface area contributed by atoms with Gasteiger partial charge in [-0.25, -0.2) is 0 Å². The Kier molecular flexibility index (Phi) is 5.67. The van der Waals surface area contributed by atoms with Crippen molar-refractivity contribution in [1.29, 1.82) is 0 Å². The molecule has 1 nitrogen and oxygen atoms in total. The Hall–Kier alpha value is 0.620. The van der Waals surface area contributed by atoms with Crippen molar-refractivity contribution in [3.05, 3.63) is 19.2 Å². The van der Waals surface area contributed by atoms with Crippen molar-refractivity contribution in [3.63, 3.8) is 0 Å². The molecule has 1 rings (SSSR count). The molecule has 0 aromatic carbocycles. The largest absolute Gasteiger partial charge is 0.309 e. The lowest BCUT2D eigenvalue weighted by Crippen LogP contribution is -2.20. The van der Waals surface area contributed by atoms with Crippen LogP contribution in [0, 0.1) is 0 Å². The highest BCUT2D eigenvalue weighted by Gasteiger charge is 2.12. The Morgan fingerprint density at radius 1 is 1.43 bits per heavy atom. The minimum atomic E-state index is 0.502. The highest BCUT2D eigenvalue weighted by Crippen LogP contribution is 2.36. The summed E-state index contributed by atoms with van der Waals surface area (Å²) < 4.78 is 2.35. The minimum absolute atomic E-state index is 0.502. The zero-order valence-electron chi connectivity index (χ0n) is 8.44. The van der Waals surface area contributed by atoms with E-state index in [1.807, 2.05) is 0 Å². The molecule has 80 valence electrons. The summed E-state index contributed by atoms with van der Waals surface area (Å²) in [5.41, 5.74) is 0. The number of hydrogen-bond donors (Lipinski definition) is 1. The van der Waals surface area contributed by atoms with Crippen LogP contribution in [0.25, 0.3) is 0 Å². The molecule has 0 saturated carbocycles. The summed E-state index contributed by atoms with van der Waals surface area (Å²) in [7, 11) is 0. The zero-order valence-corrected chi connectivity index (χ0v) is 12.4. The smallest absolute Gasteiger partial charge is 0.0843 e. The number of rotatable bonds is 5. The molecule has 0 aliphatic heterocycles. The van der Waals surface area contributed by atoms with Gasteiger partial charge < -0.3 is 5.32 Å². The first kappa shape index (κ1) is 12.7. The Labute approximate surface area is 107 Å². The van der Waals surface area contributed by atoms with Gasteiger partial charge in [0.25, 0.3) is 0 Å². The highest BCUT2D eigenvalue weighted by atomic mass is 79.9. The van der Waals surface area contributed by atoms with Crippen molar-refractivity contribution in [2.75, 3.05) is 6.54 Å². The molecule has 14 heavy (non-hydrogen) atoms. The van der Waals surface area contributed by atoms with Gasteiger partial charge in [0.1, 0.15) is 0 Å². The van der Waals surface area contributed by atoms with E-state index in [0.29, 0.717) is 6.04 Å². The van der Waals surface area contributed by atoms with E-state index in [1.54, 1.807) is 11.3 Å². The SMILES string of the molecule is CCCNC(CC)c1cc(Br)c(Br)s1. The second-order valence-corrected chi connectivity index (χ2v) is 6.44. The molecule has 1 unspecified atom stereocenters. The van der Waals surface area contributed by atoms with Crippen LogP contribution in [0.3, 0.4) is 0 Å². The third-order valence-electron chi connectivity index (χ3n) is 2.06. The first-order valence-corrected chi connectivity index (χ1v) is 7.27. The van der Waals surface area contributed by atoms with Gasteiger partial charge in [-0.2, -0.15) is 0 Å². The molecule has 0 aliphatic rings. The summed E-state index contributed by atoms with van der Waals surface area (Å²) in [6.45, 7) is 5.50. The second-order valence-electron chi connectivity index (χ2n) is 3.19. The van der Waals surface area contributed by atoms with Crippen LogP contribution >= 0.6 is 43.2 Å². The van der Waals surface area contributed by atoms with E-state index in [4.69, 9.17) is 0 Å². The Morgan fingerprint density at radius 3 is 2.57 bits per heavy atom. The van der Waals surface area contributed by atoms with E-state index in [9.17, 15) is 0 Å². The van der Waals surface area contributed by atoms with Gasteiger partial charge in [0.2, 0.25) is 0 Å². The molecule has 0 aliphatic carbocycles. The van der Waals surface area contributed by atoms with Gasteiger partial charge in [0, 0.05) is 15.4 Å². The lowest BCUT2D eigenvalue weighted by atomic mass is 10.2. The number of nitrogens with one attached hydrogen (secondary N) is 1. The first-order chi connectivity index (χ1) is 6.69. The van der Waals surface area contributed by atoms with Crippen molar-refractivity contribution in [2.45, 2.75) is 32.7 Å². The van der Waals surface area contributed by atoms with Crippen molar-refractivity contribution in [1.82, 2.24) is 5.32 Å². The van der Waals surface area contributed by atoms with E-state index in [-0.39, 0.29) is 0 Å². The van der Waals surface area contributed by atoms with Crippen LogP contribution in [0.2, 0.25) is 0 Å². The van der Waals surface area contributed by atoms with Crippen LogP contribution in [-0.4, -0.2) is 6.54 Å². The number of hydrogen-bond acceptors (Lipinski definition) is 2. The van der Waals surface area contributed by atoms with Crippen LogP contribution in [0.4, 0.5) is 0 Å². The summed E-state index contributed by atoms with van der Waals surface area (Å²) >= 11 is 8.85. The molecule has 4 heteroatoms. The van der Waals surface area contributed by atoms with Gasteiger partial charge in [0.05, 0.1) is 3.79 Å². The van der Waals surface area contributed by atoms with E-state index in [2.05, 4.69) is 57.1 Å². The van der Waals surface area contributed by atoms with Gasteiger partial charge in [-0.1, -0.05) is 13.8 Å². The van der Waals surface area contributed by atoms with E-state index in [1.165, 1.54) is 15.1 Å². The molecule has 0 amide bonds. The lowest BCUT2D eigenvalue weighted by molar-refractivity contribution is 0.525. The van der Waals surface area contributed by atoms with E-state index >= 15 is 0 Å². The third kappa shape index (κ3) is 3.33. The molecule has 0 radical (unpaired) electrons. The van der Waals surface area contributed by atoms with Gasteiger partial charge in [0.15, 0.2) is 0 Å². The molecule has 1 heterocycles. The third-order valence-corrected chi connectivity index (χ3v) is 5.43. The molecule has 0 fully saturated rings. The lowest BCUT2D eigenvalue weighted by Gasteiger charge is -2.14. The van der Waals surface area contributed by atoms with Crippen LogP contribution in [0.5, 0.6) is 0 Å². The summed E-state index contributed by atoms with van der Waals surface area (Å²) in [6, 6.07) is 2.70. The first-order valence-electron chi connectivity index (χ1n) is 4.87. The molecule has 0 bridgehead atoms.